The molecule has 1 aromatic heterocycles. The van der Waals surface area contributed by atoms with Gasteiger partial charge in [0.15, 0.2) is 0 Å². The van der Waals surface area contributed by atoms with Gasteiger partial charge in [-0.2, -0.15) is 10.1 Å². The molecule has 1 heterocycles. The summed E-state index contributed by atoms with van der Waals surface area (Å²) in [5.41, 5.74) is 0.117. The molecule has 80 valence electrons. The fourth-order valence-corrected chi connectivity index (χ4v) is 0.798. The average Bonchev–Trinajstić information content (AvgIpc) is 2.67. The molecule has 7 heteroatoms. The zero-order valence-corrected chi connectivity index (χ0v) is 8.24. The predicted octanol–water partition coefficient (Wildman–Crippen LogP) is 0.164. The van der Waals surface area contributed by atoms with Crippen LogP contribution in [-0.2, 0) is 9.59 Å². The van der Waals surface area contributed by atoms with Gasteiger partial charge in [0.05, 0.1) is 0 Å². The van der Waals surface area contributed by atoms with E-state index in [1.165, 1.54) is 20.2 Å². The van der Waals surface area contributed by atoms with Gasteiger partial charge in [-0.25, -0.2) is 9.89 Å². The molecule has 0 aliphatic carbocycles. The Morgan fingerprint density at radius 1 is 1.40 bits per heavy atom. The Kier molecular flexibility index (Phi) is 3.17. The fourth-order valence-electron chi connectivity index (χ4n) is 0.798. The summed E-state index contributed by atoms with van der Waals surface area (Å²) in [6.45, 7) is 2.78. The SMILES string of the molecule is C/C(C(=O)O)=C(/C)C(=O)Nc1ncn[nH]1. The van der Waals surface area contributed by atoms with Crippen molar-refractivity contribution in [2.24, 2.45) is 0 Å². The van der Waals surface area contributed by atoms with Crippen LogP contribution in [0.5, 0.6) is 0 Å². The molecule has 0 aromatic carbocycles. The van der Waals surface area contributed by atoms with Gasteiger partial charge in [-0.05, 0) is 13.8 Å². The molecule has 0 atom stereocenters. The van der Waals surface area contributed by atoms with E-state index in [4.69, 9.17) is 5.11 Å². The van der Waals surface area contributed by atoms with Crippen molar-refractivity contribution in [2.45, 2.75) is 13.8 Å². The number of aliphatic carboxylic acids is 1. The van der Waals surface area contributed by atoms with E-state index >= 15 is 0 Å². The maximum absolute atomic E-state index is 11.4. The zero-order chi connectivity index (χ0) is 11.4. The first-order chi connectivity index (χ1) is 7.02. The molecular weight excluding hydrogens is 200 g/mol. The minimum Gasteiger partial charge on any atom is -0.478 e. The Bertz CT molecular complexity index is 408. The number of carboxylic acids is 1. The fraction of sp³-hybridized carbons (Fsp3) is 0.250. The minimum absolute atomic E-state index is 0.00739. The van der Waals surface area contributed by atoms with Gasteiger partial charge in [0.25, 0.3) is 5.91 Å². The van der Waals surface area contributed by atoms with Crippen molar-refractivity contribution in [1.29, 1.82) is 0 Å². The summed E-state index contributed by atoms with van der Waals surface area (Å²) < 4.78 is 0. The molecular formula is C8H10N4O3. The standard InChI is InChI=1S/C8H10N4O3/c1-4(5(2)7(14)15)6(13)11-8-9-3-10-12-8/h3H,1-2H3,(H,14,15)(H2,9,10,11,12,13)/b5-4+. The Hall–Kier alpha value is -2.18. The number of hydrogen-bond donors (Lipinski definition) is 3. The van der Waals surface area contributed by atoms with E-state index in [-0.39, 0.29) is 17.1 Å². The molecule has 0 aliphatic rings. The lowest BCUT2D eigenvalue weighted by Gasteiger charge is -2.03. The lowest BCUT2D eigenvalue weighted by molar-refractivity contribution is -0.133. The van der Waals surface area contributed by atoms with Crippen LogP contribution >= 0.6 is 0 Å². The topological polar surface area (TPSA) is 108 Å². The van der Waals surface area contributed by atoms with Crippen LogP contribution in [0.2, 0.25) is 0 Å². The Morgan fingerprint density at radius 2 is 2.07 bits per heavy atom. The molecule has 0 saturated heterocycles. The van der Waals surface area contributed by atoms with Gasteiger partial charge in [-0.15, -0.1) is 0 Å². The van der Waals surface area contributed by atoms with Crippen molar-refractivity contribution < 1.29 is 14.7 Å². The van der Waals surface area contributed by atoms with E-state index < -0.39 is 11.9 Å². The van der Waals surface area contributed by atoms with Gasteiger partial charge in [0.2, 0.25) is 5.95 Å². The van der Waals surface area contributed by atoms with Crippen LogP contribution in [-0.4, -0.2) is 32.2 Å². The summed E-state index contributed by atoms with van der Waals surface area (Å²) in [4.78, 5) is 25.7. The molecule has 3 N–H and O–H groups in total. The Morgan fingerprint density at radius 3 is 2.53 bits per heavy atom. The van der Waals surface area contributed by atoms with Crippen molar-refractivity contribution in [1.82, 2.24) is 15.2 Å². The Labute approximate surface area is 85.2 Å². The normalized spacial score (nSPS) is 11.9. The highest BCUT2D eigenvalue weighted by Gasteiger charge is 2.13. The predicted molar refractivity (Wildman–Crippen MR) is 51.0 cm³/mol. The van der Waals surface area contributed by atoms with E-state index in [1.807, 2.05) is 0 Å². The summed E-state index contributed by atoms with van der Waals surface area (Å²) in [5, 5.41) is 17.0. The number of aromatic amines is 1. The lowest BCUT2D eigenvalue weighted by Crippen LogP contribution is -2.17. The number of hydrogen-bond acceptors (Lipinski definition) is 4. The maximum atomic E-state index is 11.4. The first kappa shape index (κ1) is 10.9. The van der Waals surface area contributed by atoms with E-state index in [0.29, 0.717) is 0 Å². The van der Waals surface area contributed by atoms with Gasteiger partial charge >= 0.3 is 5.97 Å². The molecule has 0 aliphatic heterocycles. The monoisotopic (exact) mass is 210 g/mol. The largest absolute Gasteiger partial charge is 0.478 e. The van der Waals surface area contributed by atoms with Crippen molar-refractivity contribution in [3.8, 4) is 0 Å². The number of H-pyrrole nitrogens is 1. The third kappa shape index (κ3) is 2.63. The minimum atomic E-state index is -1.12. The quantitative estimate of drug-likeness (QED) is 0.616. The molecule has 1 amide bonds. The second kappa shape index (κ2) is 4.36. The second-order valence-electron chi connectivity index (χ2n) is 2.84. The molecule has 0 radical (unpaired) electrons. The highest BCUT2D eigenvalue weighted by molar-refractivity contribution is 6.07. The van der Waals surface area contributed by atoms with Crippen LogP contribution in [0.15, 0.2) is 17.5 Å². The summed E-state index contributed by atoms with van der Waals surface area (Å²) in [6, 6.07) is 0. The number of carbonyl (C=O) groups excluding carboxylic acids is 1. The van der Waals surface area contributed by atoms with Crippen LogP contribution in [0.1, 0.15) is 13.8 Å². The molecule has 1 rings (SSSR count). The summed E-state index contributed by atoms with van der Waals surface area (Å²) >= 11 is 0. The maximum Gasteiger partial charge on any atom is 0.331 e. The average molecular weight is 210 g/mol. The van der Waals surface area contributed by atoms with Crippen molar-refractivity contribution >= 4 is 17.8 Å². The van der Waals surface area contributed by atoms with Crippen LogP contribution in [0.25, 0.3) is 0 Å². The number of carbonyl (C=O) groups is 2. The second-order valence-corrected chi connectivity index (χ2v) is 2.84. The summed E-state index contributed by atoms with van der Waals surface area (Å²) in [7, 11) is 0. The van der Waals surface area contributed by atoms with E-state index in [9.17, 15) is 9.59 Å². The molecule has 1 aromatic rings. The number of amides is 1. The van der Waals surface area contributed by atoms with E-state index in [1.54, 1.807) is 0 Å². The van der Waals surface area contributed by atoms with Crippen LogP contribution < -0.4 is 5.32 Å². The number of carboxylic acid groups (broad SMARTS) is 1. The first-order valence-electron chi connectivity index (χ1n) is 4.10. The number of nitrogens with zero attached hydrogens (tertiary/aromatic N) is 2. The molecule has 0 fully saturated rings. The first-order valence-corrected chi connectivity index (χ1v) is 4.10. The molecule has 0 spiro atoms. The van der Waals surface area contributed by atoms with Crippen LogP contribution in [0, 0.1) is 0 Å². The number of rotatable bonds is 3. The highest BCUT2D eigenvalue weighted by atomic mass is 16.4. The summed E-state index contributed by atoms with van der Waals surface area (Å²) in [6.07, 6.45) is 1.23. The molecule has 0 bridgehead atoms. The smallest absolute Gasteiger partial charge is 0.331 e. The van der Waals surface area contributed by atoms with Crippen LogP contribution in [0.3, 0.4) is 0 Å². The van der Waals surface area contributed by atoms with Gasteiger partial charge in [-0.1, -0.05) is 0 Å². The van der Waals surface area contributed by atoms with Crippen LogP contribution in [0.4, 0.5) is 5.95 Å². The van der Waals surface area contributed by atoms with Gasteiger partial charge in [0.1, 0.15) is 6.33 Å². The van der Waals surface area contributed by atoms with E-state index in [0.717, 1.165) is 0 Å². The van der Waals surface area contributed by atoms with Crippen molar-refractivity contribution in [3.63, 3.8) is 0 Å². The molecule has 0 saturated carbocycles. The van der Waals surface area contributed by atoms with Gasteiger partial charge in [-0.3, -0.25) is 10.1 Å². The third-order valence-corrected chi connectivity index (χ3v) is 1.87. The zero-order valence-electron chi connectivity index (χ0n) is 8.24. The third-order valence-electron chi connectivity index (χ3n) is 1.87. The van der Waals surface area contributed by atoms with E-state index in [2.05, 4.69) is 20.5 Å². The lowest BCUT2D eigenvalue weighted by atomic mass is 10.1. The molecule has 0 unspecified atom stereocenters. The number of anilines is 1. The van der Waals surface area contributed by atoms with Crippen molar-refractivity contribution in [3.05, 3.63) is 17.5 Å². The molecule has 7 nitrogen and oxygen atoms in total. The number of nitrogens with one attached hydrogen (secondary N) is 2. The van der Waals surface area contributed by atoms with Crippen molar-refractivity contribution in [2.75, 3.05) is 5.32 Å². The van der Waals surface area contributed by atoms with Gasteiger partial charge in [0, 0.05) is 11.1 Å². The Balaban J connectivity index is 2.78. The van der Waals surface area contributed by atoms with Gasteiger partial charge < -0.3 is 5.11 Å². The molecule has 15 heavy (non-hydrogen) atoms. The highest BCUT2D eigenvalue weighted by Crippen LogP contribution is 2.06. The summed E-state index contributed by atoms with van der Waals surface area (Å²) in [5.74, 6) is -1.47. The number of aromatic nitrogens is 3.